The summed E-state index contributed by atoms with van der Waals surface area (Å²) in [5.74, 6) is 1.90. The number of alkyl halides is 3. The molecule has 0 atom stereocenters. The SMILES string of the molecule is FC(F)(F)c1cccc(Nc2nnc(-c3cccc(Oc4ccncc4)c3)[nH]2)c1. The van der Waals surface area contributed by atoms with Gasteiger partial charge in [0.25, 0.3) is 0 Å². The Morgan fingerprint density at radius 3 is 2.45 bits per heavy atom. The quantitative estimate of drug-likeness (QED) is 0.470. The van der Waals surface area contributed by atoms with Crippen molar-refractivity contribution in [2.75, 3.05) is 5.32 Å². The van der Waals surface area contributed by atoms with Crippen molar-refractivity contribution in [3.63, 3.8) is 0 Å². The Bertz CT molecular complexity index is 1110. The van der Waals surface area contributed by atoms with E-state index in [1.54, 1.807) is 42.7 Å². The molecule has 0 saturated carbocycles. The molecule has 2 heterocycles. The van der Waals surface area contributed by atoms with Crippen LogP contribution in [0, 0.1) is 0 Å². The third-order valence-electron chi connectivity index (χ3n) is 3.93. The van der Waals surface area contributed by atoms with Crippen LogP contribution < -0.4 is 10.1 Å². The largest absolute Gasteiger partial charge is 0.457 e. The Labute approximate surface area is 163 Å². The topological polar surface area (TPSA) is 75.7 Å². The van der Waals surface area contributed by atoms with Gasteiger partial charge in [-0.25, -0.2) is 0 Å². The minimum absolute atomic E-state index is 0.222. The highest BCUT2D eigenvalue weighted by Gasteiger charge is 2.30. The number of benzene rings is 2. The van der Waals surface area contributed by atoms with Crippen molar-refractivity contribution in [1.82, 2.24) is 20.2 Å². The predicted octanol–water partition coefficient (Wildman–Crippen LogP) is 5.42. The summed E-state index contributed by atoms with van der Waals surface area (Å²) in [7, 11) is 0. The van der Waals surface area contributed by atoms with Gasteiger partial charge in [0, 0.05) is 23.6 Å². The van der Waals surface area contributed by atoms with E-state index in [1.807, 2.05) is 6.07 Å². The fourth-order valence-electron chi connectivity index (χ4n) is 2.61. The van der Waals surface area contributed by atoms with Crippen LogP contribution in [0.1, 0.15) is 5.56 Å². The van der Waals surface area contributed by atoms with E-state index in [1.165, 1.54) is 12.1 Å². The molecule has 2 aromatic carbocycles. The lowest BCUT2D eigenvalue weighted by Crippen LogP contribution is -2.05. The van der Waals surface area contributed by atoms with Crippen molar-refractivity contribution in [2.45, 2.75) is 6.18 Å². The standard InChI is InChI=1S/C20H14F3N5O/c21-20(22,23)14-4-2-5-15(12-14)25-19-26-18(27-28-19)13-3-1-6-17(11-13)29-16-7-9-24-10-8-16/h1-12H,(H2,25,26,27,28). The van der Waals surface area contributed by atoms with E-state index >= 15 is 0 Å². The molecule has 2 N–H and O–H groups in total. The molecule has 0 fully saturated rings. The fraction of sp³-hybridized carbons (Fsp3) is 0.0500. The van der Waals surface area contributed by atoms with E-state index in [9.17, 15) is 13.2 Å². The van der Waals surface area contributed by atoms with Gasteiger partial charge in [-0.05, 0) is 42.5 Å². The summed E-state index contributed by atoms with van der Waals surface area (Å²) in [6.45, 7) is 0. The summed E-state index contributed by atoms with van der Waals surface area (Å²) in [6, 6.07) is 15.5. The molecule has 4 aromatic rings. The molecule has 0 radical (unpaired) electrons. The molecule has 4 rings (SSSR count). The first-order valence-electron chi connectivity index (χ1n) is 8.53. The Hall–Kier alpha value is -3.88. The third kappa shape index (κ3) is 4.52. The second kappa shape index (κ2) is 7.63. The van der Waals surface area contributed by atoms with Crippen molar-refractivity contribution < 1.29 is 17.9 Å². The molecule has 0 aliphatic rings. The molecular formula is C20H14F3N5O. The predicted molar refractivity (Wildman–Crippen MR) is 101 cm³/mol. The van der Waals surface area contributed by atoms with Crippen molar-refractivity contribution in [3.8, 4) is 22.9 Å². The van der Waals surface area contributed by atoms with Crippen LogP contribution in [-0.4, -0.2) is 20.2 Å². The molecule has 0 amide bonds. The number of nitrogens with one attached hydrogen (secondary N) is 2. The Morgan fingerprint density at radius 2 is 1.66 bits per heavy atom. The lowest BCUT2D eigenvalue weighted by molar-refractivity contribution is -0.137. The molecule has 0 bridgehead atoms. The number of pyridine rings is 1. The minimum Gasteiger partial charge on any atom is -0.457 e. The van der Waals surface area contributed by atoms with E-state index < -0.39 is 11.7 Å². The number of nitrogens with zero attached hydrogens (tertiary/aromatic N) is 3. The fourth-order valence-corrected chi connectivity index (χ4v) is 2.61. The van der Waals surface area contributed by atoms with Crippen LogP contribution in [0.4, 0.5) is 24.8 Å². The zero-order chi connectivity index (χ0) is 20.3. The van der Waals surface area contributed by atoms with E-state index in [0.29, 0.717) is 22.9 Å². The monoisotopic (exact) mass is 397 g/mol. The van der Waals surface area contributed by atoms with Gasteiger partial charge in [-0.1, -0.05) is 18.2 Å². The Balaban J connectivity index is 1.52. The van der Waals surface area contributed by atoms with E-state index in [2.05, 4.69) is 25.5 Å². The number of hydrogen-bond acceptors (Lipinski definition) is 5. The lowest BCUT2D eigenvalue weighted by Gasteiger charge is -2.08. The molecule has 0 aliphatic heterocycles. The average molecular weight is 397 g/mol. The van der Waals surface area contributed by atoms with Crippen LogP contribution in [0.25, 0.3) is 11.4 Å². The van der Waals surface area contributed by atoms with Crippen molar-refractivity contribution in [3.05, 3.63) is 78.6 Å². The van der Waals surface area contributed by atoms with Crippen molar-refractivity contribution in [2.24, 2.45) is 0 Å². The number of aromatic amines is 1. The maximum Gasteiger partial charge on any atom is 0.416 e. The van der Waals surface area contributed by atoms with Gasteiger partial charge < -0.3 is 15.0 Å². The first-order valence-corrected chi connectivity index (χ1v) is 8.53. The van der Waals surface area contributed by atoms with Crippen LogP contribution in [0.3, 0.4) is 0 Å². The highest BCUT2D eigenvalue weighted by atomic mass is 19.4. The summed E-state index contributed by atoms with van der Waals surface area (Å²) >= 11 is 0. The molecule has 6 nitrogen and oxygen atoms in total. The zero-order valence-electron chi connectivity index (χ0n) is 14.8. The molecule has 0 unspecified atom stereocenters. The van der Waals surface area contributed by atoms with E-state index in [4.69, 9.17) is 4.74 Å². The maximum atomic E-state index is 12.8. The molecule has 0 saturated heterocycles. The lowest BCUT2D eigenvalue weighted by atomic mass is 10.2. The van der Waals surface area contributed by atoms with Gasteiger partial charge in [0.1, 0.15) is 11.5 Å². The van der Waals surface area contributed by atoms with Crippen molar-refractivity contribution in [1.29, 1.82) is 0 Å². The van der Waals surface area contributed by atoms with Gasteiger partial charge in [-0.15, -0.1) is 10.2 Å². The van der Waals surface area contributed by atoms with Crippen molar-refractivity contribution >= 4 is 11.6 Å². The van der Waals surface area contributed by atoms with Gasteiger partial charge >= 0.3 is 6.18 Å². The van der Waals surface area contributed by atoms with Crippen LogP contribution in [-0.2, 0) is 6.18 Å². The van der Waals surface area contributed by atoms with Crippen LogP contribution in [0.15, 0.2) is 73.1 Å². The van der Waals surface area contributed by atoms with Crippen LogP contribution in [0.5, 0.6) is 11.5 Å². The summed E-state index contributed by atoms with van der Waals surface area (Å²) < 4.78 is 44.3. The Kier molecular flexibility index (Phi) is 4.86. The molecular weight excluding hydrogens is 383 g/mol. The molecule has 0 aliphatic carbocycles. The molecule has 2 aromatic heterocycles. The number of anilines is 2. The second-order valence-electron chi connectivity index (χ2n) is 6.04. The minimum atomic E-state index is -4.42. The number of halogens is 3. The zero-order valence-corrected chi connectivity index (χ0v) is 14.8. The number of hydrogen-bond donors (Lipinski definition) is 2. The average Bonchev–Trinajstić information content (AvgIpc) is 3.17. The van der Waals surface area contributed by atoms with Gasteiger partial charge in [0.2, 0.25) is 5.95 Å². The van der Waals surface area contributed by atoms with Crippen LogP contribution >= 0.6 is 0 Å². The number of H-pyrrole nitrogens is 1. The molecule has 29 heavy (non-hydrogen) atoms. The first-order chi connectivity index (χ1) is 14.0. The highest BCUT2D eigenvalue weighted by molar-refractivity contribution is 5.61. The van der Waals surface area contributed by atoms with Gasteiger partial charge in [0.15, 0.2) is 5.82 Å². The molecule has 0 spiro atoms. The summed E-state index contributed by atoms with van der Waals surface area (Å²) in [5, 5.41) is 10.8. The Morgan fingerprint density at radius 1 is 0.862 bits per heavy atom. The van der Waals surface area contributed by atoms with E-state index in [0.717, 1.165) is 12.1 Å². The van der Waals surface area contributed by atoms with Gasteiger partial charge in [-0.3, -0.25) is 4.98 Å². The normalized spacial score (nSPS) is 11.3. The third-order valence-corrected chi connectivity index (χ3v) is 3.93. The summed E-state index contributed by atoms with van der Waals surface area (Å²) in [5.41, 5.74) is 0.210. The van der Waals surface area contributed by atoms with Gasteiger partial charge in [-0.2, -0.15) is 13.2 Å². The number of ether oxygens (including phenoxy) is 1. The maximum absolute atomic E-state index is 12.8. The summed E-state index contributed by atoms with van der Waals surface area (Å²) in [4.78, 5) is 6.88. The highest BCUT2D eigenvalue weighted by Crippen LogP contribution is 2.31. The smallest absolute Gasteiger partial charge is 0.416 e. The first kappa shape index (κ1) is 18.5. The van der Waals surface area contributed by atoms with Crippen LogP contribution in [0.2, 0.25) is 0 Å². The van der Waals surface area contributed by atoms with E-state index in [-0.39, 0.29) is 11.6 Å². The number of rotatable bonds is 5. The second-order valence-corrected chi connectivity index (χ2v) is 6.04. The molecule has 146 valence electrons. The molecule has 9 heteroatoms. The van der Waals surface area contributed by atoms with Gasteiger partial charge in [0.05, 0.1) is 5.56 Å². The summed E-state index contributed by atoms with van der Waals surface area (Å²) in [6.07, 6.45) is -1.16. The number of aromatic nitrogens is 4.